The SMILES string of the molecule is CN1CCN(c2ccccc2CS(=O)(=O)Cl)CC1=O. The highest BCUT2D eigenvalue weighted by Crippen LogP contribution is 2.24. The average Bonchev–Trinajstić information content (AvgIpc) is 2.31. The van der Waals surface area contributed by atoms with Crippen molar-refractivity contribution in [2.24, 2.45) is 0 Å². The fraction of sp³-hybridized carbons (Fsp3) is 0.417. The van der Waals surface area contributed by atoms with E-state index in [9.17, 15) is 13.2 Å². The molecule has 1 saturated heterocycles. The lowest BCUT2D eigenvalue weighted by atomic mass is 10.1. The fourth-order valence-electron chi connectivity index (χ4n) is 2.09. The van der Waals surface area contributed by atoms with Crippen LogP contribution in [0.3, 0.4) is 0 Å². The summed E-state index contributed by atoms with van der Waals surface area (Å²) >= 11 is 0. The van der Waals surface area contributed by atoms with Crippen LogP contribution in [0, 0.1) is 0 Å². The maximum absolute atomic E-state index is 11.7. The molecule has 0 atom stereocenters. The lowest BCUT2D eigenvalue weighted by molar-refractivity contribution is -0.129. The topological polar surface area (TPSA) is 57.7 Å². The largest absolute Gasteiger partial charge is 0.360 e. The second-order valence-corrected chi connectivity index (χ2v) is 7.33. The Hall–Kier alpha value is -1.27. The third-order valence-electron chi connectivity index (χ3n) is 3.12. The summed E-state index contributed by atoms with van der Waals surface area (Å²) in [5, 5.41) is 0. The molecule has 1 aliphatic heterocycles. The van der Waals surface area contributed by atoms with Gasteiger partial charge in [-0.25, -0.2) is 8.42 Å². The highest BCUT2D eigenvalue weighted by molar-refractivity contribution is 8.13. The summed E-state index contributed by atoms with van der Waals surface area (Å²) in [5.74, 6) is -0.208. The van der Waals surface area contributed by atoms with E-state index in [1.54, 1.807) is 24.1 Å². The Morgan fingerprint density at radius 1 is 1.26 bits per heavy atom. The van der Waals surface area contributed by atoms with Crippen molar-refractivity contribution in [2.75, 3.05) is 31.6 Å². The molecular weight excluding hydrogens is 288 g/mol. The van der Waals surface area contributed by atoms with E-state index in [-0.39, 0.29) is 18.2 Å². The minimum Gasteiger partial charge on any atom is -0.360 e. The molecule has 1 aromatic rings. The molecule has 104 valence electrons. The first-order chi connectivity index (χ1) is 8.87. The van der Waals surface area contributed by atoms with Gasteiger partial charge in [-0.05, 0) is 11.6 Å². The van der Waals surface area contributed by atoms with Crippen LogP contribution in [-0.4, -0.2) is 45.9 Å². The lowest BCUT2D eigenvalue weighted by Crippen LogP contribution is -2.48. The molecule has 19 heavy (non-hydrogen) atoms. The molecule has 2 rings (SSSR count). The summed E-state index contributed by atoms with van der Waals surface area (Å²) in [5.41, 5.74) is 1.38. The van der Waals surface area contributed by atoms with Gasteiger partial charge in [0, 0.05) is 36.5 Å². The number of hydrogen-bond donors (Lipinski definition) is 0. The predicted octanol–water partition coefficient (Wildman–Crippen LogP) is 1.03. The molecule has 1 aliphatic rings. The highest BCUT2D eigenvalue weighted by Gasteiger charge is 2.23. The summed E-state index contributed by atoms with van der Waals surface area (Å²) in [7, 11) is 3.46. The summed E-state index contributed by atoms with van der Waals surface area (Å²) in [6, 6.07) is 7.12. The van der Waals surface area contributed by atoms with Gasteiger partial charge in [0.05, 0.1) is 12.3 Å². The normalized spacial score (nSPS) is 16.8. The number of para-hydroxylation sites is 1. The lowest BCUT2D eigenvalue weighted by Gasteiger charge is -2.34. The summed E-state index contributed by atoms with van der Waals surface area (Å²) in [6.07, 6.45) is 0. The average molecular weight is 303 g/mol. The predicted molar refractivity (Wildman–Crippen MR) is 74.8 cm³/mol. The van der Waals surface area contributed by atoms with Crippen LogP contribution in [0.2, 0.25) is 0 Å². The molecule has 1 aromatic carbocycles. The zero-order valence-corrected chi connectivity index (χ0v) is 12.1. The summed E-state index contributed by atoms with van der Waals surface area (Å²) in [4.78, 5) is 15.3. The van der Waals surface area contributed by atoms with Crippen LogP contribution in [-0.2, 0) is 19.6 Å². The fourth-order valence-corrected chi connectivity index (χ4v) is 3.06. The number of benzene rings is 1. The Kier molecular flexibility index (Phi) is 4.01. The molecular formula is C12H15ClN2O3S. The first-order valence-corrected chi connectivity index (χ1v) is 8.34. The van der Waals surface area contributed by atoms with E-state index in [0.29, 0.717) is 18.7 Å². The van der Waals surface area contributed by atoms with Crippen LogP contribution in [0.1, 0.15) is 5.56 Å². The Morgan fingerprint density at radius 2 is 1.95 bits per heavy atom. The van der Waals surface area contributed by atoms with Crippen LogP contribution < -0.4 is 4.90 Å². The molecule has 0 bridgehead atoms. The van der Waals surface area contributed by atoms with Gasteiger partial charge in [0.25, 0.3) is 0 Å². The zero-order chi connectivity index (χ0) is 14.0. The molecule has 0 unspecified atom stereocenters. The molecule has 0 aromatic heterocycles. The van der Waals surface area contributed by atoms with E-state index in [2.05, 4.69) is 0 Å². The molecule has 1 heterocycles. The van der Waals surface area contributed by atoms with Crippen LogP contribution in [0.15, 0.2) is 24.3 Å². The Labute approximate surface area is 117 Å². The number of rotatable bonds is 3. The second-order valence-electron chi connectivity index (χ2n) is 4.55. The van der Waals surface area contributed by atoms with Crippen LogP contribution >= 0.6 is 10.7 Å². The monoisotopic (exact) mass is 302 g/mol. The Balaban J connectivity index is 2.27. The number of hydrogen-bond acceptors (Lipinski definition) is 4. The number of halogens is 1. The number of piperazine rings is 1. The third-order valence-corrected chi connectivity index (χ3v) is 4.10. The molecule has 1 amide bonds. The van der Waals surface area contributed by atoms with Gasteiger partial charge in [-0.3, -0.25) is 4.79 Å². The van der Waals surface area contributed by atoms with Crippen molar-refractivity contribution < 1.29 is 13.2 Å². The van der Waals surface area contributed by atoms with Gasteiger partial charge in [-0.2, -0.15) is 0 Å². The number of amides is 1. The zero-order valence-electron chi connectivity index (χ0n) is 10.5. The van der Waals surface area contributed by atoms with E-state index < -0.39 is 9.05 Å². The van der Waals surface area contributed by atoms with Gasteiger partial charge in [-0.1, -0.05) is 18.2 Å². The van der Waals surface area contributed by atoms with Gasteiger partial charge in [0.15, 0.2) is 0 Å². The van der Waals surface area contributed by atoms with Crippen molar-refractivity contribution in [1.29, 1.82) is 0 Å². The molecule has 1 fully saturated rings. The third kappa shape index (κ3) is 3.61. The van der Waals surface area contributed by atoms with Crippen molar-refractivity contribution in [3.8, 4) is 0 Å². The smallest absolute Gasteiger partial charge is 0.241 e. The minimum absolute atomic E-state index is 0.0229. The molecule has 0 saturated carbocycles. The van der Waals surface area contributed by atoms with Gasteiger partial charge in [-0.15, -0.1) is 0 Å². The van der Waals surface area contributed by atoms with Crippen molar-refractivity contribution in [1.82, 2.24) is 4.90 Å². The van der Waals surface area contributed by atoms with Gasteiger partial charge >= 0.3 is 0 Å². The van der Waals surface area contributed by atoms with Gasteiger partial charge in [0.2, 0.25) is 15.0 Å². The minimum atomic E-state index is -3.61. The van der Waals surface area contributed by atoms with Gasteiger partial charge < -0.3 is 9.80 Å². The second kappa shape index (κ2) is 5.38. The number of carbonyl (C=O) groups is 1. The van der Waals surface area contributed by atoms with Crippen molar-refractivity contribution in [2.45, 2.75) is 5.75 Å². The summed E-state index contributed by atoms with van der Waals surface area (Å²) in [6.45, 7) is 1.57. The number of nitrogens with zero attached hydrogens (tertiary/aromatic N) is 2. The molecule has 0 N–H and O–H groups in total. The first-order valence-electron chi connectivity index (χ1n) is 5.86. The molecule has 0 spiro atoms. The van der Waals surface area contributed by atoms with Crippen molar-refractivity contribution >= 4 is 31.3 Å². The molecule has 0 aliphatic carbocycles. The van der Waals surface area contributed by atoms with Crippen LogP contribution in [0.25, 0.3) is 0 Å². The molecule has 5 nitrogen and oxygen atoms in total. The maximum Gasteiger partial charge on any atom is 0.241 e. The van der Waals surface area contributed by atoms with Crippen LogP contribution in [0.5, 0.6) is 0 Å². The number of anilines is 1. The molecule has 7 heteroatoms. The maximum atomic E-state index is 11.7. The standard InChI is InChI=1S/C12H15ClN2O3S/c1-14-6-7-15(8-12(14)16)11-5-3-2-4-10(11)9-19(13,17)18/h2-5H,6-9H2,1H3. The first kappa shape index (κ1) is 14.1. The van der Waals surface area contributed by atoms with E-state index in [1.165, 1.54) is 0 Å². The molecule has 0 radical (unpaired) electrons. The Morgan fingerprint density at radius 3 is 2.58 bits per heavy atom. The van der Waals surface area contributed by atoms with Crippen molar-refractivity contribution in [3.05, 3.63) is 29.8 Å². The van der Waals surface area contributed by atoms with E-state index in [4.69, 9.17) is 10.7 Å². The van der Waals surface area contributed by atoms with E-state index >= 15 is 0 Å². The van der Waals surface area contributed by atoms with Gasteiger partial charge in [0.1, 0.15) is 0 Å². The highest BCUT2D eigenvalue weighted by atomic mass is 35.7. The number of likely N-dealkylation sites (N-methyl/N-ethyl adjacent to an activating group) is 1. The Bertz CT molecular complexity index is 588. The van der Waals surface area contributed by atoms with E-state index in [0.717, 1.165) is 5.69 Å². The quantitative estimate of drug-likeness (QED) is 0.783. The van der Waals surface area contributed by atoms with Crippen LogP contribution in [0.4, 0.5) is 5.69 Å². The van der Waals surface area contributed by atoms with Crippen molar-refractivity contribution in [3.63, 3.8) is 0 Å². The van der Waals surface area contributed by atoms with E-state index in [1.807, 2.05) is 17.0 Å². The summed E-state index contributed by atoms with van der Waals surface area (Å²) < 4.78 is 22.4. The number of carbonyl (C=O) groups excluding carboxylic acids is 1.